The van der Waals surface area contributed by atoms with Gasteiger partial charge in [0.25, 0.3) is 0 Å². The Bertz CT molecular complexity index is 571. The fourth-order valence-corrected chi connectivity index (χ4v) is 4.10. The summed E-state index contributed by atoms with van der Waals surface area (Å²) >= 11 is 1.57. The first-order valence-electron chi connectivity index (χ1n) is 7.36. The highest BCUT2D eigenvalue weighted by Gasteiger charge is 2.30. The third kappa shape index (κ3) is 3.02. The number of carbonyl (C=O) groups is 2. The van der Waals surface area contributed by atoms with E-state index in [0.29, 0.717) is 30.6 Å². The van der Waals surface area contributed by atoms with Crippen LogP contribution < -0.4 is 11.1 Å². The van der Waals surface area contributed by atoms with Crippen molar-refractivity contribution >= 4 is 28.4 Å². The van der Waals surface area contributed by atoms with E-state index in [1.54, 1.807) is 16.2 Å². The third-order valence-corrected chi connectivity index (χ3v) is 5.31. The molecule has 1 aliphatic carbocycles. The van der Waals surface area contributed by atoms with Gasteiger partial charge in [-0.15, -0.1) is 11.3 Å². The molecule has 3 N–H and O–H groups in total. The van der Waals surface area contributed by atoms with Crippen LogP contribution >= 0.6 is 11.3 Å². The molecule has 114 valence electrons. The summed E-state index contributed by atoms with van der Waals surface area (Å²) in [6.07, 6.45) is 3.86. The van der Waals surface area contributed by atoms with Crippen LogP contribution in [0.5, 0.6) is 0 Å². The van der Waals surface area contributed by atoms with Crippen molar-refractivity contribution in [3.63, 3.8) is 0 Å². The van der Waals surface area contributed by atoms with Crippen molar-refractivity contribution in [1.29, 1.82) is 0 Å². The standard InChI is InChI=1S/C14H20N4O2S/c1-8-2-3-10-11(6-8)21-13(16-10)17-14(20)18-5-4-9(7-18)12(15)19/h8-9H,2-7H2,1H3,(H2,15,19)(H,16,17,20). The van der Waals surface area contributed by atoms with Gasteiger partial charge in [0, 0.05) is 18.0 Å². The van der Waals surface area contributed by atoms with Crippen LogP contribution in [0.2, 0.25) is 0 Å². The summed E-state index contributed by atoms with van der Waals surface area (Å²) in [6, 6.07) is -0.183. The topological polar surface area (TPSA) is 88.3 Å². The molecule has 2 aliphatic rings. The van der Waals surface area contributed by atoms with Gasteiger partial charge in [0.05, 0.1) is 11.6 Å². The maximum Gasteiger partial charge on any atom is 0.323 e. The number of aryl methyl sites for hydroxylation is 1. The second-order valence-electron chi connectivity index (χ2n) is 6.00. The van der Waals surface area contributed by atoms with E-state index in [-0.39, 0.29) is 17.9 Å². The molecular weight excluding hydrogens is 288 g/mol. The van der Waals surface area contributed by atoms with E-state index in [1.807, 2.05) is 0 Å². The van der Waals surface area contributed by atoms with Crippen LogP contribution in [-0.4, -0.2) is 34.9 Å². The van der Waals surface area contributed by atoms with E-state index in [0.717, 1.165) is 25.0 Å². The summed E-state index contributed by atoms with van der Waals surface area (Å²) in [5.41, 5.74) is 6.41. The second-order valence-corrected chi connectivity index (χ2v) is 7.08. The normalized spacial score (nSPS) is 24.7. The first kappa shape index (κ1) is 14.3. The molecule has 6 nitrogen and oxygen atoms in total. The average molecular weight is 308 g/mol. The molecule has 1 aliphatic heterocycles. The molecule has 0 radical (unpaired) electrons. The number of nitrogens with zero attached hydrogens (tertiary/aromatic N) is 2. The molecule has 3 amide bonds. The van der Waals surface area contributed by atoms with E-state index < -0.39 is 0 Å². The van der Waals surface area contributed by atoms with Crippen molar-refractivity contribution < 1.29 is 9.59 Å². The summed E-state index contributed by atoms with van der Waals surface area (Å²) in [4.78, 5) is 30.8. The smallest absolute Gasteiger partial charge is 0.323 e. The Labute approximate surface area is 127 Å². The highest BCUT2D eigenvalue weighted by atomic mass is 32.1. The zero-order valence-electron chi connectivity index (χ0n) is 12.1. The Morgan fingerprint density at radius 3 is 2.95 bits per heavy atom. The summed E-state index contributed by atoms with van der Waals surface area (Å²) in [5, 5.41) is 3.53. The van der Waals surface area contributed by atoms with Gasteiger partial charge in [0.1, 0.15) is 0 Å². The van der Waals surface area contributed by atoms with Gasteiger partial charge in [-0.05, 0) is 31.6 Å². The fourth-order valence-electron chi connectivity index (χ4n) is 2.94. The maximum absolute atomic E-state index is 12.2. The quantitative estimate of drug-likeness (QED) is 0.870. The molecule has 2 atom stereocenters. The minimum absolute atomic E-state index is 0.183. The van der Waals surface area contributed by atoms with Crippen molar-refractivity contribution in [2.45, 2.75) is 32.6 Å². The lowest BCUT2D eigenvalue weighted by Gasteiger charge is -2.15. The number of aromatic nitrogens is 1. The number of fused-ring (bicyclic) bond motifs is 1. The van der Waals surface area contributed by atoms with Crippen molar-refractivity contribution in [3.8, 4) is 0 Å². The maximum atomic E-state index is 12.2. The zero-order chi connectivity index (χ0) is 15.0. The lowest BCUT2D eigenvalue weighted by atomic mass is 9.93. The second kappa shape index (κ2) is 5.63. The molecule has 2 heterocycles. The van der Waals surface area contributed by atoms with Crippen molar-refractivity contribution in [2.75, 3.05) is 18.4 Å². The zero-order valence-corrected chi connectivity index (χ0v) is 12.9. The number of urea groups is 1. The molecule has 0 saturated carbocycles. The Hall–Kier alpha value is -1.63. The number of rotatable bonds is 2. The van der Waals surface area contributed by atoms with Gasteiger partial charge < -0.3 is 10.6 Å². The van der Waals surface area contributed by atoms with Crippen molar-refractivity contribution in [1.82, 2.24) is 9.88 Å². The molecule has 0 spiro atoms. The van der Waals surface area contributed by atoms with E-state index in [1.165, 1.54) is 4.88 Å². The van der Waals surface area contributed by atoms with Gasteiger partial charge in [0.15, 0.2) is 5.13 Å². The average Bonchev–Trinajstić information content (AvgIpc) is 3.03. The Balaban J connectivity index is 1.62. The van der Waals surface area contributed by atoms with Crippen LogP contribution in [0, 0.1) is 11.8 Å². The van der Waals surface area contributed by atoms with Gasteiger partial charge in [-0.1, -0.05) is 6.92 Å². The molecular formula is C14H20N4O2S. The van der Waals surface area contributed by atoms with Gasteiger partial charge in [0.2, 0.25) is 5.91 Å². The Morgan fingerprint density at radius 2 is 2.24 bits per heavy atom. The number of likely N-dealkylation sites (tertiary alicyclic amines) is 1. The number of amides is 3. The SMILES string of the molecule is CC1CCc2nc(NC(=O)N3CCC(C(N)=O)C3)sc2C1. The molecule has 3 rings (SSSR count). The number of nitrogens with one attached hydrogen (secondary N) is 1. The van der Waals surface area contributed by atoms with Crippen LogP contribution in [0.3, 0.4) is 0 Å². The number of anilines is 1. The molecule has 1 aromatic heterocycles. The van der Waals surface area contributed by atoms with Crippen LogP contribution in [-0.2, 0) is 17.6 Å². The van der Waals surface area contributed by atoms with Gasteiger partial charge in [-0.2, -0.15) is 0 Å². The third-order valence-electron chi connectivity index (χ3n) is 4.28. The molecule has 7 heteroatoms. The highest BCUT2D eigenvalue weighted by Crippen LogP contribution is 2.32. The summed E-state index contributed by atoms with van der Waals surface area (Å²) in [7, 11) is 0. The lowest BCUT2D eigenvalue weighted by Crippen LogP contribution is -2.34. The van der Waals surface area contributed by atoms with Gasteiger partial charge in [-0.25, -0.2) is 9.78 Å². The van der Waals surface area contributed by atoms with E-state index in [4.69, 9.17) is 5.73 Å². The van der Waals surface area contributed by atoms with E-state index in [2.05, 4.69) is 17.2 Å². The monoisotopic (exact) mass is 308 g/mol. The number of nitrogens with two attached hydrogens (primary N) is 1. The van der Waals surface area contributed by atoms with Crippen molar-refractivity contribution in [2.24, 2.45) is 17.6 Å². The summed E-state index contributed by atoms with van der Waals surface area (Å²) in [6.45, 7) is 3.22. The summed E-state index contributed by atoms with van der Waals surface area (Å²) in [5.74, 6) is 0.140. The fraction of sp³-hybridized carbons (Fsp3) is 0.643. The van der Waals surface area contributed by atoms with Gasteiger partial charge >= 0.3 is 6.03 Å². The number of hydrogen-bond acceptors (Lipinski definition) is 4. The first-order chi connectivity index (χ1) is 10.0. The van der Waals surface area contributed by atoms with Crippen LogP contribution in [0.4, 0.5) is 9.93 Å². The predicted molar refractivity (Wildman–Crippen MR) is 81.2 cm³/mol. The molecule has 0 aromatic carbocycles. The largest absolute Gasteiger partial charge is 0.369 e. The van der Waals surface area contributed by atoms with E-state index in [9.17, 15) is 9.59 Å². The molecule has 0 bridgehead atoms. The number of hydrogen-bond donors (Lipinski definition) is 2. The molecule has 1 saturated heterocycles. The molecule has 1 aromatic rings. The van der Waals surface area contributed by atoms with E-state index >= 15 is 0 Å². The number of primary amides is 1. The summed E-state index contributed by atoms with van der Waals surface area (Å²) < 4.78 is 0. The number of carbonyl (C=O) groups excluding carboxylic acids is 2. The minimum Gasteiger partial charge on any atom is -0.369 e. The Morgan fingerprint density at radius 1 is 1.43 bits per heavy atom. The molecule has 1 fully saturated rings. The predicted octanol–water partition coefficient (Wildman–Crippen LogP) is 1.61. The van der Waals surface area contributed by atoms with Crippen LogP contribution in [0.1, 0.15) is 30.3 Å². The van der Waals surface area contributed by atoms with Gasteiger partial charge in [-0.3, -0.25) is 10.1 Å². The molecule has 2 unspecified atom stereocenters. The number of thiazole rings is 1. The molecule has 21 heavy (non-hydrogen) atoms. The Kier molecular flexibility index (Phi) is 3.84. The minimum atomic E-state index is -0.330. The van der Waals surface area contributed by atoms with Crippen molar-refractivity contribution in [3.05, 3.63) is 10.6 Å². The van der Waals surface area contributed by atoms with Crippen LogP contribution in [0.25, 0.3) is 0 Å². The first-order valence-corrected chi connectivity index (χ1v) is 8.18. The highest BCUT2D eigenvalue weighted by molar-refractivity contribution is 7.15. The van der Waals surface area contributed by atoms with Crippen LogP contribution in [0.15, 0.2) is 0 Å². The lowest BCUT2D eigenvalue weighted by molar-refractivity contribution is -0.121.